The van der Waals surface area contributed by atoms with Crippen LogP contribution in [-0.4, -0.2) is 28.1 Å². The van der Waals surface area contributed by atoms with Crippen molar-refractivity contribution < 1.29 is 9.72 Å². The summed E-state index contributed by atoms with van der Waals surface area (Å²) in [4.78, 5) is 22.2. The zero-order valence-corrected chi connectivity index (χ0v) is 10.6. The summed E-state index contributed by atoms with van der Waals surface area (Å²) in [6.07, 6.45) is 0. The molecule has 1 aromatic carbocycles. The number of hydrogen-bond acceptors (Lipinski definition) is 7. The summed E-state index contributed by atoms with van der Waals surface area (Å²) in [7, 11) is 1.63. The molecule has 19 heavy (non-hydrogen) atoms. The quantitative estimate of drug-likeness (QED) is 0.651. The number of hydrogen-bond donors (Lipinski definition) is 2. The van der Waals surface area contributed by atoms with Crippen molar-refractivity contribution in [3.8, 4) is 0 Å². The topological polar surface area (TPSA) is 110 Å². The molecule has 98 valence electrons. The number of nitrogens with zero attached hydrogens (tertiary/aromatic N) is 3. The van der Waals surface area contributed by atoms with E-state index in [9.17, 15) is 14.9 Å². The molecule has 2 rings (SSSR count). The fourth-order valence-corrected chi connectivity index (χ4v) is 1.88. The summed E-state index contributed by atoms with van der Waals surface area (Å²) in [5.41, 5.74) is 1.99. The number of anilines is 2. The maximum Gasteiger partial charge on any atom is 0.270 e. The van der Waals surface area contributed by atoms with Gasteiger partial charge in [0, 0.05) is 24.9 Å². The first kappa shape index (κ1) is 12.9. The van der Waals surface area contributed by atoms with Crippen molar-refractivity contribution in [1.82, 2.24) is 10.2 Å². The van der Waals surface area contributed by atoms with E-state index < -0.39 is 10.8 Å². The van der Waals surface area contributed by atoms with E-state index >= 15 is 0 Å². The van der Waals surface area contributed by atoms with Crippen LogP contribution in [-0.2, 0) is 0 Å². The number of aromatic nitrogens is 2. The minimum Gasteiger partial charge on any atom is -0.387 e. The zero-order valence-electron chi connectivity index (χ0n) is 9.78. The molecule has 0 saturated heterocycles. The Morgan fingerprint density at radius 2 is 2.26 bits per heavy atom. The van der Waals surface area contributed by atoms with Gasteiger partial charge in [-0.3, -0.25) is 20.2 Å². The number of rotatable bonds is 4. The third-order valence-corrected chi connectivity index (χ3v) is 2.92. The number of non-ortho nitro benzene ring substituents is 1. The first-order valence-electron chi connectivity index (χ1n) is 5.15. The Morgan fingerprint density at radius 1 is 1.47 bits per heavy atom. The molecule has 1 aromatic heterocycles. The number of nitrogens with one attached hydrogen (secondary N) is 2. The van der Waals surface area contributed by atoms with Crippen LogP contribution in [0.2, 0.25) is 0 Å². The van der Waals surface area contributed by atoms with Gasteiger partial charge in [-0.1, -0.05) is 11.3 Å². The fraction of sp³-hybridized carbons (Fsp3) is 0.100. The molecule has 0 aliphatic rings. The third-order valence-electron chi connectivity index (χ3n) is 2.31. The normalized spacial score (nSPS) is 9.95. The van der Waals surface area contributed by atoms with Gasteiger partial charge in [0.25, 0.3) is 11.6 Å². The highest BCUT2D eigenvalue weighted by molar-refractivity contribution is 7.13. The lowest BCUT2D eigenvalue weighted by atomic mass is 10.1. The van der Waals surface area contributed by atoms with Gasteiger partial charge in [-0.05, 0) is 6.07 Å². The van der Waals surface area contributed by atoms with E-state index in [0.29, 0.717) is 10.8 Å². The first-order valence-corrected chi connectivity index (χ1v) is 6.03. The minimum atomic E-state index is -0.554. The maximum atomic E-state index is 12.0. The van der Waals surface area contributed by atoms with Crippen LogP contribution in [0.1, 0.15) is 10.4 Å². The molecular weight excluding hydrogens is 270 g/mol. The minimum absolute atomic E-state index is 0.151. The second kappa shape index (κ2) is 5.40. The van der Waals surface area contributed by atoms with Crippen LogP contribution in [0, 0.1) is 10.1 Å². The Hall–Kier alpha value is -2.55. The van der Waals surface area contributed by atoms with Crippen LogP contribution in [0.5, 0.6) is 0 Å². The Morgan fingerprint density at radius 3 is 2.84 bits per heavy atom. The summed E-state index contributed by atoms with van der Waals surface area (Å²) in [6, 6.07) is 4.02. The molecule has 0 saturated carbocycles. The largest absolute Gasteiger partial charge is 0.387 e. The molecule has 0 aliphatic carbocycles. The number of carbonyl (C=O) groups is 1. The van der Waals surface area contributed by atoms with Crippen molar-refractivity contribution in [2.75, 3.05) is 17.7 Å². The van der Waals surface area contributed by atoms with Gasteiger partial charge < -0.3 is 5.32 Å². The van der Waals surface area contributed by atoms with E-state index in [1.807, 2.05) is 0 Å². The van der Waals surface area contributed by atoms with E-state index in [1.54, 1.807) is 7.05 Å². The molecule has 0 bridgehead atoms. The lowest BCUT2D eigenvalue weighted by Gasteiger charge is -2.07. The summed E-state index contributed by atoms with van der Waals surface area (Å²) in [6.45, 7) is 0. The van der Waals surface area contributed by atoms with Crippen LogP contribution in [0.4, 0.5) is 16.5 Å². The van der Waals surface area contributed by atoms with Gasteiger partial charge in [0.05, 0.1) is 10.5 Å². The highest BCUT2D eigenvalue weighted by Gasteiger charge is 2.17. The van der Waals surface area contributed by atoms with E-state index in [2.05, 4.69) is 20.8 Å². The number of nitro benzene ring substituents is 1. The summed E-state index contributed by atoms with van der Waals surface area (Å²) >= 11 is 1.16. The third kappa shape index (κ3) is 2.83. The number of carbonyl (C=O) groups excluding carboxylic acids is 1. The molecule has 0 spiro atoms. The lowest BCUT2D eigenvalue weighted by molar-refractivity contribution is -0.384. The Bertz CT molecular complexity index is 614. The molecule has 0 atom stereocenters. The molecule has 2 N–H and O–H groups in total. The molecule has 1 amide bonds. The van der Waals surface area contributed by atoms with Gasteiger partial charge in [-0.25, -0.2) is 0 Å². The van der Waals surface area contributed by atoms with Crippen LogP contribution in [0.3, 0.4) is 0 Å². The summed E-state index contributed by atoms with van der Waals surface area (Å²) in [5.74, 6) is -0.482. The van der Waals surface area contributed by atoms with Crippen LogP contribution < -0.4 is 10.6 Å². The van der Waals surface area contributed by atoms with Gasteiger partial charge in [0.2, 0.25) is 5.13 Å². The number of amides is 1. The maximum absolute atomic E-state index is 12.0. The van der Waals surface area contributed by atoms with Crippen LogP contribution in [0.25, 0.3) is 0 Å². The van der Waals surface area contributed by atoms with Crippen molar-refractivity contribution in [3.63, 3.8) is 0 Å². The van der Waals surface area contributed by atoms with E-state index in [-0.39, 0.29) is 11.3 Å². The SMILES string of the molecule is CNc1ccc([N+](=O)[O-])cc1C(=O)Nc1nncs1. The van der Waals surface area contributed by atoms with E-state index in [4.69, 9.17) is 0 Å². The standard InChI is InChI=1S/C10H9N5O3S/c1-11-8-3-2-6(15(17)18)4-7(8)9(16)13-10-14-12-5-19-10/h2-5,11H,1H3,(H,13,14,16). The fourth-order valence-electron chi connectivity index (χ4n) is 1.44. The molecule has 2 aromatic rings. The van der Waals surface area contributed by atoms with Gasteiger partial charge in [-0.2, -0.15) is 0 Å². The van der Waals surface area contributed by atoms with Gasteiger partial charge >= 0.3 is 0 Å². The first-order chi connectivity index (χ1) is 9.11. The van der Waals surface area contributed by atoms with Crippen molar-refractivity contribution in [2.24, 2.45) is 0 Å². The van der Waals surface area contributed by atoms with Crippen LogP contribution in [0.15, 0.2) is 23.7 Å². The van der Waals surface area contributed by atoms with Crippen molar-refractivity contribution in [3.05, 3.63) is 39.4 Å². The average Bonchev–Trinajstić information content (AvgIpc) is 2.90. The molecule has 9 heteroatoms. The second-order valence-corrected chi connectivity index (χ2v) is 4.27. The van der Waals surface area contributed by atoms with Crippen molar-refractivity contribution in [2.45, 2.75) is 0 Å². The number of benzene rings is 1. The molecule has 0 radical (unpaired) electrons. The predicted octanol–water partition coefficient (Wildman–Crippen LogP) is 1.74. The van der Waals surface area contributed by atoms with Gasteiger partial charge in [0.1, 0.15) is 5.51 Å². The summed E-state index contributed by atoms with van der Waals surface area (Å²) in [5, 5.41) is 23.7. The Balaban J connectivity index is 2.33. The molecule has 8 nitrogen and oxygen atoms in total. The predicted molar refractivity (Wildman–Crippen MR) is 70.5 cm³/mol. The second-order valence-electron chi connectivity index (χ2n) is 3.44. The van der Waals surface area contributed by atoms with Crippen molar-refractivity contribution >= 4 is 33.8 Å². The summed E-state index contributed by atoms with van der Waals surface area (Å²) < 4.78 is 0. The van der Waals surface area contributed by atoms with Crippen LogP contribution >= 0.6 is 11.3 Å². The molecule has 0 unspecified atom stereocenters. The molecule has 1 heterocycles. The number of nitro groups is 1. The van der Waals surface area contributed by atoms with E-state index in [0.717, 1.165) is 11.3 Å². The lowest BCUT2D eigenvalue weighted by Crippen LogP contribution is -2.14. The van der Waals surface area contributed by atoms with Gasteiger partial charge in [0.15, 0.2) is 0 Å². The molecular formula is C10H9N5O3S. The highest BCUT2D eigenvalue weighted by atomic mass is 32.1. The smallest absolute Gasteiger partial charge is 0.270 e. The Labute approximate surface area is 111 Å². The Kier molecular flexibility index (Phi) is 3.66. The zero-order chi connectivity index (χ0) is 13.8. The molecule has 0 aliphatic heterocycles. The highest BCUT2D eigenvalue weighted by Crippen LogP contribution is 2.23. The van der Waals surface area contributed by atoms with Crippen molar-refractivity contribution in [1.29, 1.82) is 0 Å². The van der Waals surface area contributed by atoms with E-state index in [1.165, 1.54) is 23.7 Å². The monoisotopic (exact) mass is 279 g/mol. The average molecular weight is 279 g/mol. The van der Waals surface area contributed by atoms with Gasteiger partial charge in [-0.15, -0.1) is 10.2 Å². The molecule has 0 fully saturated rings.